The molecule has 1 aliphatic heterocycles. The van der Waals surface area contributed by atoms with Crippen LogP contribution in [0.2, 0.25) is 5.02 Å². The quantitative estimate of drug-likeness (QED) is 0.346. The Kier molecular flexibility index (Phi) is 9.16. The summed E-state index contributed by atoms with van der Waals surface area (Å²) in [6, 6.07) is 8.37. The molecule has 1 saturated heterocycles. The molecule has 0 amide bonds. The van der Waals surface area contributed by atoms with Gasteiger partial charge in [-0.2, -0.15) is 0 Å². The number of benzene rings is 1. The minimum absolute atomic E-state index is 0. The molecule has 2 fully saturated rings. The lowest BCUT2D eigenvalue weighted by atomic mass is 9.64. The van der Waals surface area contributed by atoms with E-state index in [-0.39, 0.29) is 29.4 Å². The summed E-state index contributed by atoms with van der Waals surface area (Å²) < 4.78 is 5.46. The summed E-state index contributed by atoms with van der Waals surface area (Å²) in [5.74, 6) is 1.79. The first-order chi connectivity index (χ1) is 12.6. The minimum Gasteiger partial charge on any atom is -0.381 e. The molecule has 3 rings (SSSR count). The first-order valence-corrected chi connectivity index (χ1v) is 10.3. The average molecular weight is 506 g/mol. The highest BCUT2D eigenvalue weighted by molar-refractivity contribution is 14.0. The average Bonchev–Trinajstić information content (AvgIpc) is 2.64. The summed E-state index contributed by atoms with van der Waals surface area (Å²) in [6.07, 6.45) is 7.35. The fourth-order valence-electron chi connectivity index (χ4n) is 4.12. The third-order valence-electron chi connectivity index (χ3n) is 6.14. The van der Waals surface area contributed by atoms with Crippen LogP contribution in [0.5, 0.6) is 0 Å². The molecule has 152 valence electrons. The van der Waals surface area contributed by atoms with E-state index >= 15 is 0 Å². The van der Waals surface area contributed by atoms with E-state index in [0.717, 1.165) is 43.2 Å². The molecular weight excluding hydrogens is 473 g/mol. The number of rotatable bonds is 6. The molecule has 4 nitrogen and oxygen atoms in total. The summed E-state index contributed by atoms with van der Waals surface area (Å²) in [5, 5.41) is 4.44. The van der Waals surface area contributed by atoms with Crippen LogP contribution in [-0.2, 0) is 10.2 Å². The van der Waals surface area contributed by atoms with Gasteiger partial charge in [0.1, 0.15) is 0 Å². The Balaban J connectivity index is 0.00000261. The van der Waals surface area contributed by atoms with Gasteiger partial charge in [0.25, 0.3) is 0 Å². The molecule has 0 radical (unpaired) electrons. The Labute approximate surface area is 186 Å². The maximum absolute atomic E-state index is 6.06. The Morgan fingerprint density at radius 3 is 2.48 bits per heavy atom. The van der Waals surface area contributed by atoms with Gasteiger partial charge in [-0.1, -0.05) is 30.2 Å². The first-order valence-electron chi connectivity index (χ1n) is 9.88. The summed E-state index contributed by atoms with van der Waals surface area (Å²) in [6.45, 7) is 3.82. The Morgan fingerprint density at radius 1 is 1.26 bits per heavy atom. The van der Waals surface area contributed by atoms with E-state index in [9.17, 15) is 0 Å². The van der Waals surface area contributed by atoms with Crippen molar-refractivity contribution in [3.63, 3.8) is 0 Å². The molecule has 0 aromatic heterocycles. The van der Waals surface area contributed by atoms with E-state index in [2.05, 4.69) is 34.4 Å². The van der Waals surface area contributed by atoms with Crippen LogP contribution in [0, 0.1) is 5.92 Å². The predicted molar refractivity (Wildman–Crippen MR) is 125 cm³/mol. The predicted octanol–water partition coefficient (Wildman–Crippen LogP) is 4.70. The molecule has 27 heavy (non-hydrogen) atoms. The maximum atomic E-state index is 6.06. The summed E-state index contributed by atoms with van der Waals surface area (Å²) in [5.41, 5.74) is 1.61. The van der Waals surface area contributed by atoms with Gasteiger partial charge in [0.15, 0.2) is 5.96 Å². The first kappa shape index (κ1) is 22.8. The highest BCUT2D eigenvalue weighted by Crippen LogP contribution is 2.43. The van der Waals surface area contributed by atoms with Crippen LogP contribution in [0.1, 0.15) is 44.1 Å². The van der Waals surface area contributed by atoms with Crippen LogP contribution in [0.25, 0.3) is 0 Å². The number of hydrogen-bond donors (Lipinski definition) is 1. The molecule has 6 heteroatoms. The van der Waals surface area contributed by atoms with Gasteiger partial charge >= 0.3 is 0 Å². The van der Waals surface area contributed by atoms with Gasteiger partial charge in [0.05, 0.1) is 0 Å². The molecule has 1 heterocycles. The monoisotopic (exact) mass is 505 g/mol. The van der Waals surface area contributed by atoms with Crippen molar-refractivity contribution in [2.24, 2.45) is 10.9 Å². The Bertz CT molecular complexity index is 598. The van der Waals surface area contributed by atoms with Gasteiger partial charge in [0.2, 0.25) is 0 Å². The largest absolute Gasteiger partial charge is 0.381 e. The molecule has 0 atom stereocenters. The van der Waals surface area contributed by atoms with Crippen LogP contribution in [0.15, 0.2) is 29.3 Å². The normalized spacial score (nSPS) is 19.7. The van der Waals surface area contributed by atoms with Crippen molar-refractivity contribution in [3.05, 3.63) is 34.9 Å². The second kappa shape index (κ2) is 10.9. The lowest BCUT2D eigenvalue weighted by Gasteiger charge is -2.43. The van der Waals surface area contributed by atoms with Gasteiger partial charge in [-0.25, -0.2) is 0 Å². The smallest absolute Gasteiger partial charge is 0.193 e. The van der Waals surface area contributed by atoms with E-state index in [0.29, 0.717) is 0 Å². The number of guanidine groups is 1. The minimum atomic E-state index is 0. The second-order valence-electron chi connectivity index (χ2n) is 7.81. The molecule has 1 aromatic rings. The van der Waals surface area contributed by atoms with Gasteiger partial charge in [0, 0.05) is 50.8 Å². The van der Waals surface area contributed by atoms with E-state index in [4.69, 9.17) is 16.3 Å². The zero-order valence-corrected chi connectivity index (χ0v) is 19.6. The third kappa shape index (κ3) is 5.97. The van der Waals surface area contributed by atoms with Crippen LogP contribution >= 0.6 is 35.6 Å². The summed E-state index contributed by atoms with van der Waals surface area (Å²) >= 11 is 6.06. The fourth-order valence-corrected chi connectivity index (χ4v) is 4.25. The number of hydrogen-bond acceptors (Lipinski definition) is 2. The standard InChI is InChI=1S/C21H32ClN3O.HI/c1-23-20(25(2)13-8-17-9-14-26-15-10-17)24-16-21(11-3-12-21)18-4-6-19(22)7-5-18;/h4-7,17H,3,8-16H2,1-2H3,(H,23,24);1H. The second-order valence-corrected chi connectivity index (χ2v) is 8.24. The van der Waals surface area contributed by atoms with Crippen molar-refractivity contribution >= 4 is 41.5 Å². The van der Waals surface area contributed by atoms with E-state index in [1.54, 1.807) is 0 Å². The van der Waals surface area contributed by atoms with E-state index < -0.39 is 0 Å². The highest BCUT2D eigenvalue weighted by atomic mass is 127. The van der Waals surface area contributed by atoms with Crippen LogP contribution in [0.3, 0.4) is 0 Å². The van der Waals surface area contributed by atoms with Gasteiger partial charge < -0.3 is 15.0 Å². The van der Waals surface area contributed by atoms with Crippen molar-refractivity contribution < 1.29 is 4.74 Å². The van der Waals surface area contributed by atoms with Gasteiger partial charge in [-0.05, 0) is 55.7 Å². The zero-order valence-electron chi connectivity index (χ0n) is 16.5. The molecule has 0 spiro atoms. The fraction of sp³-hybridized carbons (Fsp3) is 0.667. The third-order valence-corrected chi connectivity index (χ3v) is 6.39. The van der Waals surface area contributed by atoms with Crippen molar-refractivity contribution in [1.29, 1.82) is 0 Å². The molecule has 0 bridgehead atoms. The SMILES string of the molecule is CN=C(NCC1(c2ccc(Cl)cc2)CCC1)N(C)CCC1CCOCC1.I. The number of halogens is 2. The molecule has 1 N–H and O–H groups in total. The lowest BCUT2D eigenvalue weighted by molar-refractivity contribution is 0.0625. The molecule has 0 unspecified atom stereocenters. The molecular formula is C21H33ClIN3O. The Morgan fingerprint density at radius 2 is 1.93 bits per heavy atom. The lowest BCUT2D eigenvalue weighted by Crippen LogP contribution is -2.49. The topological polar surface area (TPSA) is 36.9 Å². The van der Waals surface area contributed by atoms with E-state index in [1.807, 2.05) is 19.2 Å². The van der Waals surface area contributed by atoms with Crippen LogP contribution < -0.4 is 5.32 Å². The number of ether oxygens (including phenoxy) is 1. The molecule has 1 saturated carbocycles. The molecule has 1 aromatic carbocycles. The molecule has 2 aliphatic rings. The number of nitrogens with zero attached hydrogens (tertiary/aromatic N) is 2. The van der Waals surface area contributed by atoms with Crippen LogP contribution in [0.4, 0.5) is 0 Å². The van der Waals surface area contributed by atoms with E-state index in [1.165, 1.54) is 44.1 Å². The van der Waals surface area contributed by atoms with Crippen molar-refractivity contribution in [2.75, 3.05) is 40.4 Å². The van der Waals surface area contributed by atoms with Crippen LogP contribution in [-0.4, -0.2) is 51.3 Å². The Hall–Kier alpha value is -0.530. The van der Waals surface area contributed by atoms with Crippen molar-refractivity contribution in [3.8, 4) is 0 Å². The van der Waals surface area contributed by atoms with Gasteiger partial charge in [-0.3, -0.25) is 4.99 Å². The maximum Gasteiger partial charge on any atom is 0.193 e. The highest BCUT2D eigenvalue weighted by Gasteiger charge is 2.38. The zero-order chi connectivity index (χ0) is 18.4. The summed E-state index contributed by atoms with van der Waals surface area (Å²) in [7, 11) is 4.02. The van der Waals surface area contributed by atoms with Crippen molar-refractivity contribution in [1.82, 2.24) is 10.2 Å². The number of nitrogens with one attached hydrogen (secondary N) is 1. The summed E-state index contributed by atoms with van der Waals surface area (Å²) in [4.78, 5) is 6.77. The molecule has 1 aliphatic carbocycles. The van der Waals surface area contributed by atoms with Gasteiger partial charge in [-0.15, -0.1) is 24.0 Å². The number of aliphatic imine (C=N–C) groups is 1. The van der Waals surface area contributed by atoms with Crippen molar-refractivity contribution in [2.45, 2.75) is 43.9 Å².